The number of carbonyl (C=O) groups is 1. The predicted octanol–water partition coefficient (Wildman–Crippen LogP) is 5.11. The number of rotatable bonds is 12. The highest BCUT2D eigenvalue weighted by atomic mass is 16.5. The minimum Gasteiger partial charge on any atom is -0.491 e. The first-order valence-corrected chi connectivity index (χ1v) is 16.8. The van der Waals surface area contributed by atoms with Crippen molar-refractivity contribution in [3.8, 4) is 0 Å². The van der Waals surface area contributed by atoms with Crippen LogP contribution in [-0.2, 0) is 14.3 Å². The zero-order valence-corrected chi connectivity index (χ0v) is 28.0. The maximum absolute atomic E-state index is 14.1. The molecule has 4 atom stereocenters. The van der Waals surface area contributed by atoms with Crippen LogP contribution in [-0.4, -0.2) is 84.6 Å². The topological polar surface area (TPSA) is 100 Å². The second-order valence-electron chi connectivity index (χ2n) is 12.8. The second-order valence-corrected chi connectivity index (χ2v) is 12.8. The number of ether oxygens (including phenoxy) is 2. The predicted molar refractivity (Wildman–Crippen MR) is 175 cm³/mol. The van der Waals surface area contributed by atoms with Gasteiger partial charge in [0.1, 0.15) is 12.3 Å². The Kier molecular flexibility index (Phi) is 14.3. The van der Waals surface area contributed by atoms with E-state index in [-0.39, 0.29) is 23.8 Å². The van der Waals surface area contributed by atoms with Gasteiger partial charge in [0, 0.05) is 61.5 Å². The third kappa shape index (κ3) is 9.68. The van der Waals surface area contributed by atoms with Crippen molar-refractivity contribution in [3.05, 3.63) is 46.9 Å². The lowest BCUT2D eigenvalue weighted by Crippen LogP contribution is -2.43. The third-order valence-electron chi connectivity index (χ3n) is 9.58. The Morgan fingerprint density at radius 1 is 1.19 bits per heavy atom. The highest BCUT2D eigenvalue weighted by Gasteiger charge is 2.31. The summed E-state index contributed by atoms with van der Waals surface area (Å²) in [7, 11) is 0. The molecule has 8 heteroatoms. The molecule has 0 spiro atoms. The van der Waals surface area contributed by atoms with Crippen LogP contribution >= 0.6 is 0 Å². The zero-order valence-electron chi connectivity index (χ0n) is 28.0. The van der Waals surface area contributed by atoms with Crippen LogP contribution in [0, 0.1) is 17.8 Å². The number of piperidine rings is 1. The molecule has 0 aliphatic carbocycles. The number of nitrogens with two attached hydrogens (primary N) is 1. The van der Waals surface area contributed by atoms with Crippen LogP contribution in [0.15, 0.2) is 46.9 Å². The van der Waals surface area contributed by atoms with Crippen molar-refractivity contribution in [3.63, 3.8) is 0 Å². The van der Waals surface area contributed by atoms with Crippen molar-refractivity contribution in [2.45, 2.75) is 111 Å². The molecule has 0 aromatic carbocycles. The van der Waals surface area contributed by atoms with Crippen LogP contribution in [0.2, 0.25) is 0 Å². The Morgan fingerprint density at radius 2 is 1.86 bits per heavy atom. The molecular weight excluding hydrogens is 540 g/mol. The number of amides is 1. The summed E-state index contributed by atoms with van der Waals surface area (Å²) in [6, 6.07) is 0.901. The van der Waals surface area contributed by atoms with Gasteiger partial charge in [0.05, 0.1) is 5.76 Å². The highest BCUT2D eigenvalue weighted by Crippen LogP contribution is 2.34. The maximum atomic E-state index is 14.1. The Bertz CT molecular complexity index is 1000. The molecule has 2 saturated heterocycles. The van der Waals surface area contributed by atoms with Gasteiger partial charge in [0.15, 0.2) is 0 Å². The van der Waals surface area contributed by atoms with E-state index in [9.17, 15) is 9.90 Å². The minimum absolute atomic E-state index is 0.0301. The average Bonchev–Trinajstić information content (AvgIpc) is 3.05. The van der Waals surface area contributed by atoms with Crippen molar-refractivity contribution >= 4 is 5.91 Å². The van der Waals surface area contributed by atoms with Gasteiger partial charge in [-0.2, -0.15) is 0 Å². The summed E-state index contributed by atoms with van der Waals surface area (Å²) in [5.41, 5.74) is 8.92. The van der Waals surface area contributed by atoms with E-state index in [0.29, 0.717) is 31.0 Å². The number of hydrogen-bond donors (Lipinski definition) is 3. The van der Waals surface area contributed by atoms with Crippen LogP contribution in [0.5, 0.6) is 0 Å². The molecule has 0 aromatic heterocycles. The first kappa shape index (κ1) is 35.4. The largest absolute Gasteiger partial charge is 0.491 e. The molecule has 8 nitrogen and oxygen atoms in total. The van der Waals surface area contributed by atoms with Gasteiger partial charge in [-0.05, 0) is 110 Å². The number of carbonyl (C=O) groups excluding carboxylic acids is 1. The molecule has 0 bridgehead atoms. The molecule has 0 aromatic rings. The number of nitrogens with zero attached hydrogens (tertiary/aromatic N) is 2. The maximum Gasteiger partial charge on any atom is 0.247 e. The summed E-state index contributed by atoms with van der Waals surface area (Å²) < 4.78 is 12.4. The summed E-state index contributed by atoms with van der Waals surface area (Å²) in [4.78, 5) is 19.1. The third-order valence-corrected chi connectivity index (χ3v) is 9.58. The molecule has 0 radical (unpaired) electrons. The minimum atomic E-state index is -1.02. The molecule has 2 fully saturated rings. The van der Waals surface area contributed by atoms with Crippen LogP contribution in [0.25, 0.3) is 0 Å². The zero-order chi connectivity index (χ0) is 31.5. The average molecular weight is 601 g/mol. The van der Waals surface area contributed by atoms with E-state index < -0.39 is 6.23 Å². The molecule has 244 valence electrons. The SMILES string of the molecule is C/C=C/C(C)C(CNC(=O)/C1=C(CC)/C(N(CC)C2CCOCC2)=C\[C@H](C)O/C(C2CCN(C(C)C)CC2)=C\C1)C(N)O. The van der Waals surface area contributed by atoms with Gasteiger partial charge < -0.3 is 35.4 Å². The molecule has 3 aliphatic rings. The number of likely N-dealkylation sites (tertiary alicyclic amines) is 1. The Morgan fingerprint density at radius 3 is 2.42 bits per heavy atom. The molecule has 3 heterocycles. The van der Waals surface area contributed by atoms with Gasteiger partial charge in [-0.1, -0.05) is 26.0 Å². The first-order valence-electron chi connectivity index (χ1n) is 16.8. The first-order chi connectivity index (χ1) is 20.6. The van der Waals surface area contributed by atoms with Gasteiger partial charge in [-0.15, -0.1) is 0 Å². The van der Waals surface area contributed by atoms with Crippen molar-refractivity contribution in [1.82, 2.24) is 15.1 Å². The molecule has 43 heavy (non-hydrogen) atoms. The monoisotopic (exact) mass is 600 g/mol. The van der Waals surface area contributed by atoms with Crippen molar-refractivity contribution in [1.29, 1.82) is 0 Å². The fraction of sp³-hybridized carbons (Fsp3) is 0.743. The van der Waals surface area contributed by atoms with Crippen LogP contribution < -0.4 is 11.1 Å². The van der Waals surface area contributed by atoms with E-state index in [1.165, 1.54) is 0 Å². The molecule has 3 unspecified atom stereocenters. The molecule has 4 N–H and O–H groups in total. The van der Waals surface area contributed by atoms with Crippen molar-refractivity contribution < 1.29 is 19.4 Å². The van der Waals surface area contributed by atoms with Gasteiger partial charge >= 0.3 is 0 Å². The summed E-state index contributed by atoms with van der Waals surface area (Å²) in [6.07, 6.45) is 12.5. The molecule has 3 aliphatic heterocycles. The second kappa shape index (κ2) is 17.4. The fourth-order valence-corrected chi connectivity index (χ4v) is 6.96. The Balaban J connectivity index is 2.00. The van der Waals surface area contributed by atoms with E-state index in [4.69, 9.17) is 15.2 Å². The van der Waals surface area contributed by atoms with E-state index in [1.807, 2.05) is 26.0 Å². The number of aliphatic hydroxyl groups is 1. The number of allylic oxidation sites excluding steroid dienone is 5. The standard InChI is InChI=1S/C35H60N4O4/c1-8-11-25(6)31(34(36)40)23-37-35(41)30-12-13-33(27-14-18-38(19-15-27)24(4)5)43-26(7)22-32(29(30)9-2)39(10-3)28-16-20-42-21-17-28/h8,11,13,22,24-28,31,34,40H,9-10,12,14-21,23,36H2,1-7H3,(H,37,41)/b11-8+,30-29+,32-22+,33-13-/t25?,26-,31?,34?/m0/s1. The molecule has 0 saturated carbocycles. The van der Waals surface area contributed by atoms with E-state index in [2.05, 4.69) is 61.9 Å². The lowest BCUT2D eigenvalue weighted by molar-refractivity contribution is -0.118. The quantitative estimate of drug-likeness (QED) is 0.211. The Labute approximate surface area is 261 Å². The van der Waals surface area contributed by atoms with E-state index in [1.54, 1.807) is 0 Å². The van der Waals surface area contributed by atoms with E-state index >= 15 is 0 Å². The molecular formula is C35H60N4O4. The molecule has 3 rings (SSSR count). The van der Waals surface area contributed by atoms with Gasteiger partial charge in [0.25, 0.3) is 0 Å². The van der Waals surface area contributed by atoms with Gasteiger partial charge in [-0.3, -0.25) is 4.79 Å². The Hall–Kier alpha value is -2.13. The summed E-state index contributed by atoms with van der Waals surface area (Å²) in [5, 5.41) is 13.5. The number of aliphatic hydroxyl groups excluding tert-OH is 1. The summed E-state index contributed by atoms with van der Waals surface area (Å²) in [6.45, 7) is 19.7. The lowest BCUT2D eigenvalue weighted by atomic mass is 9.90. The van der Waals surface area contributed by atoms with Crippen LogP contribution in [0.3, 0.4) is 0 Å². The highest BCUT2D eigenvalue weighted by molar-refractivity contribution is 5.95. The van der Waals surface area contributed by atoms with E-state index in [0.717, 1.165) is 87.6 Å². The van der Waals surface area contributed by atoms with Gasteiger partial charge in [0.2, 0.25) is 5.91 Å². The van der Waals surface area contributed by atoms with Crippen molar-refractivity contribution in [2.75, 3.05) is 39.4 Å². The fourth-order valence-electron chi connectivity index (χ4n) is 6.96. The summed E-state index contributed by atoms with van der Waals surface area (Å²) >= 11 is 0. The normalized spacial score (nSPS) is 28.1. The van der Waals surface area contributed by atoms with Crippen LogP contribution in [0.4, 0.5) is 0 Å². The van der Waals surface area contributed by atoms with Gasteiger partial charge in [-0.25, -0.2) is 0 Å². The number of hydrogen-bond acceptors (Lipinski definition) is 7. The summed E-state index contributed by atoms with van der Waals surface area (Å²) in [5.74, 6) is 1.01. The number of likely N-dealkylation sites (N-methyl/N-ethyl adjacent to an activating group) is 1. The van der Waals surface area contributed by atoms with Crippen LogP contribution in [0.1, 0.15) is 87.0 Å². The lowest BCUT2D eigenvalue weighted by Gasteiger charge is -2.38. The smallest absolute Gasteiger partial charge is 0.247 e. The van der Waals surface area contributed by atoms with Crippen molar-refractivity contribution in [2.24, 2.45) is 23.5 Å². The molecule has 1 amide bonds. The number of nitrogens with one attached hydrogen (secondary N) is 1.